The first kappa shape index (κ1) is 14.8. The monoisotopic (exact) mass is 265 g/mol. The maximum absolute atomic E-state index is 11.3. The molecule has 108 valence electrons. The molecule has 0 aromatic heterocycles. The summed E-state index contributed by atoms with van der Waals surface area (Å²) in [5, 5.41) is 21.1. The second kappa shape index (κ2) is 6.24. The fourth-order valence-electron chi connectivity index (χ4n) is 4.13. The molecule has 0 bridgehead atoms. The van der Waals surface area contributed by atoms with Crippen LogP contribution in [0.25, 0.3) is 0 Å². The predicted octanol–water partition coefficient (Wildman–Crippen LogP) is 3.56. The van der Waals surface area contributed by atoms with Gasteiger partial charge in [-0.25, -0.2) is 0 Å². The Morgan fingerprint density at radius 1 is 1.00 bits per heavy atom. The van der Waals surface area contributed by atoms with Crippen molar-refractivity contribution >= 4 is 0 Å². The average Bonchev–Trinajstić information content (AvgIpc) is 2.39. The van der Waals surface area contributed by atoms with Gasteiger partial charge in [0.2, 0.25) is 0 Å². The molecule has 0 spiro atoms. The molecule has 3 nitrogen and oxygen atoms in total. The number of aliphatic hydroxyl groups is 1. The van der Waals surface area contributed by atoms with Crippen LogP contribution in [0.4, 0.5) is 0 Å². The zero-order chi connectivity index (χ0) is 13.8. The Balaban J connectivity index is 2.28. The number of nitriles is 1. The van der Waals surface area contributed by atoms with Gasteiger partial charge in [-0.15, -0.1) is 0 Å². The van der Waals surface area contributed by atoms with E-state index in [0.29, 0.717) is 0 Å². The van der Waals surface area contributed by atoms with E-state index >= 15 is 0 Å². The van der Waals surface area contributed by atoms with E-state index in [2.05, 4.69) is 6.07 Å². The van der Waals surface area contributed by atoms with Gasteiger partial charge in [0.1, 0.15) is 5.60 Å². The highest BCUT2D eigenvalue weighted by atomic mass is 16.5. The van der Waals surface area contributed by atoms with E-state index in [1.54, 1.807) is 7.11 Å². The molecule has 1 N–H and O–H groups in total. The lowest BCUT2D eigenvalue weighted by Gasteiger charge is -2.50. The average molecular weight is 265 g/mol. The van der Waals surface area contributed by atoms with Crippen LogP contribution in [0.3, 0.4) is 0 Å². The van der Waals surface area contributed by atoms with E-state index in [9.17, 15) is 10.4 Å². The molecule has 2 saturated carbocycles. The van der Waals surface area contributed by atoms with Gasteiger partial charge in [-0.2, -0.15) is 5.26 Å². The molecule has 0 aromatic carbocycles. The zero-order valence-corrected chi connectivity index (χ0v) is 12.2. The van der Waals surface area contributed by atoms with E-state index in [1.807, 2.05) is 0 Å². The molecule has 0 radical (unpaired) electrons. The first-order valence-electron chi connectivity index (χ1n) is 7.85. The van der Waals surface area contributed by atoms with Crippen molar-refractivity contribution in [3.63, 3.8) is 0 Å². The number of hydrogen-bond acceptors (Lipinski definition) is 3. The lowest BCUT2D eigenvalue weighted by molar-refractivity contribution is -0.176. The van der Waals surface area contributed by atoms with Crippen molar-refractivity contribution < 1.29 is 9.84 Å². The van der Waals surface area contributed by atoms with Gasteiger partial charge >= 0.3 is 0 Å². The third kappa shape index (κ3) is 2.66. The molecule has 2 atom stereocenters. The highest BCUT2D eigenvalue weighted by molar-refractivity contribution is 5.15. The summed E-state index contributed by atoms with van der Waals surface area (Å²) in [6.45, 7) is 0. The first-order chi connectivity index (χ1) is 9.18. The lowest BCUT2D eigenvalue weighted by atomic mass is 9.59. The number of hydrogen-bond donors (Lipinski definition) is 1. The molecule has 2 fully saturated rings. The Kier molecular flexibility index (Phi) is 4.86. The second-order valence-corrected chi connectivity index (χ2v) is 6.36. The first-order valence-corrected chi connectivity index (χ1v) is 7.85. The van der Waals surface area contributed by atoms with E-state index in [0.717, 1.165) is 51.4 Å². The van der Waals surface area contributed by atoms with Crippen molar-refractivity contribution in [2.75, 3.05) is 7.11 Å². The van der Waals surface area contributed by atoms with E-state index in [-0.39, 0.29) is 6.10 Å². The molecule has 3 heteroatoms. The van der Waals surface area contributed by atoms with Crippen LogP contribution < -0.4 is 0 Å². The maximum Gasteiger partial charge on any atom is 0.109 e. The Morgan fingerprint density at radius 3 is 2.16 bits per heavy atom. The third-order valence-electron chi connectivity index (χ3n) is 5.34. The maximum atomic E-state index is 11.3. The molecule has 0 aliphatic heterocycles. The van der Waals surface area contributed by atoms with Gasteiger partial charge in [0, 0.05) is 7.11 Å². The summed E-state index contributed by atoms with van der Waals surface area (Å²) in [6, 6.07) is 2.53. The van der Waals surface area contributed by atoms with Gasteiger partial charge in [-0.1, -0.05) is 44.9 Å². The second-order valence-electron chi connectivity index (χ2n) is 6.36. The summed E-state index contributed by atoms with van der Waals surface area (Å²) < 4.78 is 5.56. The SMILES string of the molecule is COC1CCCCC1(O)C1(C#N)CCCCCCC1. The number of rotatable bonds is 2. The molecule has 2 aliphatic rings. The number of nitrogens with zero attached hydrogens (tertiary/aromatic N) is 1. The van der Waals surface area contributed by atoms with Crippen LogP contribution in [0.5, 0.6) is 0 Å². The van der Waals surface area contributed by atoms with Crippen molar-refractivity contribution in [2.45, 2.75) is 82.3 Å². The van der Waals surface area contributed by atoms with Crippen LogP contribution in [0.1, 0.15) is 70.6 Å². The lowest BCUT2D eigenvalue weighted by Crippen LogP contribution is -2.58. The van der Waals surface area contributed by atoms with Crippen LogP contribution >= 0.6 is 0 Å². The summed E-state index contributed by atoms with van der Waals surface area (Å²) >= 11 is 0. The molecule has 2 rings (SSSR count). The zero-order valence-electron chi connectivity index (χ0n) is 12.2. The normalized spacial score (nSPS) is 35.9. The standard InChI is InChI=1S/C16H27NO2/c1-19-14-9-5-8-12-16(14,18)15(13-17)10-6-3-2-4-7-11-15/h14,18H,2-12H2,1H3. The van der Waals surface area contributed by atoms with Crippen LogP contribution in [0.15, 0.2) is 0 Å². The Hall–Kier alpha value is -0.590. The van der Waals surface area contributed by atoms with Gasteiger partial charge in [0.05, 0.1) is 17.6 Å². The van der Waals surface area contributed by atoms with Gasteiger partial charge in [0.15, 0.2) is 0 Å². The third-order valence-corrected chi connectivity index (χ3v) is 5.34. The van der Waals surface area contributed by atoms with Crippen molar-refractivity contribution in [3.8, 4) is 6.07 Å². The largest absolute Gasteiger partial charge is 0.386 e. The van der Waals surface area contributed by atoms with Crippen molar-refractivity contribution in [1.82, 2.24) is 0 Å². The van der Waals surface area contributed by atoms with Crippen molar-refractivity contribution in [3.05, 3.63) is 0 Å². The molecule has 19 heavy (non-hydrogen) atoms. The smallest absolute Gasteiger partial charge is 0.109 e. The van der Waals surface area contributed by atoms with E-state index in [1.165, 1.54) is 19.3 Å². The fraction of sp³-hybridized carbons (Fsp3) is 0.938. The minimum atomic E-state index is -0.938. The minimum Gasteiger partial charge on any atom is -0.386 e. The summed E-state index contributed by atoms with van der Waals surface area (Å²) in [5.41, 5.74) is -1.53. The molecule has 2 unspecified atom stereocenters. The Morgan fingerprint density at radius 2 is 1.58 bits per heavy atom. The number of methoxy groups -OCH3 is 1. The highest BCUT2D eigenvalue weighted by Gasteiger charge is 2.55. The van der Waals surface area contributed by atoms with Crippen LogP contribution in [-0.4, -0.2) is 23.9 Å². The molecule has 0 amide bonds. The predicted molar refractivity (Wildman–Crippen MR) is 74.6 cm³/mol. The van der Waals surface area contributed by atoms with Crippen LogP contribution in [0.2, 0.25) is 0 Å². The van der Waals surface area contributed by atoms with Crippen LogP contribution in [0, 0.1) is 16.7 Å². The van der Waals surface area contributed by atoms with Crippen molar-refractivity contribution in [2.24, 2.45) is 5.41 Å². The highest BCUT2D eigenvalue weighted by Crippen LogP contribution is 2.50. The molecular formula is C16H27NO2. The quantitative estimate of drug-likeness (QED) is 0.830. The van der Waals surface area contributed by atoms with E-state index < -0.39 is 11.0 Å². The Labute approximate surface area is 117 Å². The minimum absolute atomic E-state index is 0.166. The van der Waals surface area contributed by atoms with Gasteiger partial charge in [-0.3, -0.25) is 0 Å². The summed E-state index contributed by atoms with van der Waals surface area (Å²) in [4.78, 5) is 0. The van der Waals surface area contributed by atoms with Gasteiger partial charge in [-0.05, 0) is 25.7 Å². The van der Waals surface area contributed by atoms with Crippen LogP contribution in [-0.2, 0) is 4.74 Å². The molecule has 0 heterocycles. The number of ether oxygens (including phenoxy) is 1. The summed E-state index contributed by atoms with van der Waals surface area (Å²) in [5.74, 6) is 0. The summed E-state index contributed by atoms with van der Waals surface area (Å²) in [7, 11) is 1.68. The fourth-order valence-corrected chi connectivity index (χ4v) is 4.13. The molecule has 0 aromatic rings. The van der Waals surface area contributed by atoms with Gasteiger partial charge < -0.3 is 9.84 Å². The molecular weight excluding hydrogens is 238 g/mol. The van der Waals surface area contributed by atoms with Crippen molar-refractivity contribution in [1.29, 1.82) is 5.26 Å². The molecule has 0 saturated heterocycles. The summed E-state index contributed by atoms with van der Waals surface area (Å²) in [6.07, 6.45) is 11.0. The van der Waals surface area contributed by atoms with E-state index in [4.69, 9.17) is 4.74 Å². The van der Waals surface area contributed by atoms with Gasteiger partial charge in [0.25, 0.3) is 0 Å². The topological polar surface area (TPSA) is 53.2 Å². The Bertz CT molecular complexity index is 328. The molecule has 2 aliphatic carbocycles.